The first kappa shape index (κ1) is 20.5. The van der Waals surface area contributed by atoms with Gasteiger partial charge in [0.15, 0.2) is 0 Å². The van der Waals surface area contributed by atoms with E-state index in [0.29, 0.717) is 12.2 Å². The van der Waals surface area contributed by atoms with Crippen molar-refractivity contribution in [3.63, 3.8) is 0 Å². The summed E-state index contributed by atoms with van der Waals surface area (Å²) in [5.74, 6) is -0.197. The summed E-state index contributed by atoms with van der Waals surface area (Å²) in [4.78, 5) is 14.5. The van der Waals surface area contributed by atoms with Crippen LogP contribution in [0, 0.1) is 0 Å². The molecule has 0 aliphatic carbocycles. The van der Waals surface area contributed by atoms with E-state index in [-0.39, 0.29) is 22.8 Å². The Morgan fingerprint density at radius 3 is 2.00 bits per heavy atom. The maximum Gasteiger partial charge on any atom is 0.338 e. The summed E-state index contributed by atoms with van der Waals surface area (Å²) in [6.45, 7) is 14.8. The van der Waals surface area contributed by atoms with E-state index in [1.165, 1.54) is 12.1 Å². The summed E-state index contributed by atoms with van der Waals surface area (Å²) in [5.41, 5.74) is 0.688. The van der Waals surface area contributed by atoms with E-state index >= 15 is 0 Å². The molecule has 0 bridgehead atoms. The Labute approximate surface area is 146 Å². The number of hydrogen-bond acceptors (Lipinski definition) is 4. The lowest BCUT2D eigenvalue weighted by molar-refractivity contribution is 0.00338. The van der Waals surface area contributed by atoms with E-state index < -0.39 is 0 Å². The molecule has 0 atom stereocenters. The van der Waals surface area contributed by atoms with Crippen LogP contribution < -0.4 is 0 Å². The molecule has 0 aromatic heterocycles. The third kappa shape index (κ3) is 5.52. The van der Waals surface area contributed by atoms with E-state index in [4.69, 9.17) is 4.74 Å². The standard InChI is InChI=1S/C20H33NO3/c1-7-19(3,4)21(20(5,6)8-2)14-9-15-24-18(23)16-10-12-17(22)13-11-16/h10-13,22H,7-9,14-15H2,1-6H3. The molecule has 0 fully saturated rings. The average Bonchev–Trinajstić information content (AvgIpc) is 2.54. The van der Waals surface area contributed by atoms with Crippen LogP contribution in [-0.2, 0) is 4.74 Å². The van der Waals surface area contributed by atoms with Gasteiger partial charge in [0.05, 0.1) is 12.2 Å². The molecule has 4 nitrogen and oxygen atoms in total. The third-order valence-corrected chi connectivity index (χ3v) is 5.05. The second kappa shape index (κ2) is 8.52. The maximum atomic E-state index is 12.0. The molecule has 1 N–H and O–H groups in total. The van der Waals surface area contributed by atoms with Crippen LogP contribution in [0.4, 0.5) is 0 Å². The Kier molecular flexibility index (Phi) is 7.27. The lowest BCUT2D eigenvalue weighted by Gasteiger charge is -2.48. The molecule has 0 radical (unpaired) electrons. The van der Waals surface area contributed by atoms with Gasteiger partial charge in [-0.3, -0.25) is 4.90 Å². The van der Waals surface area contributed by atoms with E-state index in [0.717, 1.165) is 25.8 Å². The molecule has 0 amide bonds. The molecule has 0 spiro atoms. The zero-order valence-electron chi connectivity index (χ0n) is 16.1. The summed E-state index contributed by atoms with van der Waals surface area (Å²) in [5, 5.41) is 9.26. The second-order valence-electron chi connectivity index (χ2n) is 7.52. The summed E-state index contributed by atoms with van der Waals surface area (Å²) in [7, 11) is 0. The van der Waals surface area contributed by atoms with Gasteiger partial charge in [0.25, 0.3) is 0 Å². The minimum Gasteiger partial charge on any atom is -0.508 e. The molecule has 0 aliphatic heterocycles. The minimum absolute atomic E-state index is 0.112. The van der Waals surface area contributed by atoms with Gasteiger partial charge in [0.1, 0.15) is 5.75 Å². The molecular weight excluding hydrogens is 302 g/mol. The summed E-state index contributed by atoms with van der Waals surface area (Å²) in [6.07, 6.45) is 2.95. The summed E-state index contributed by atoms with van der Waals surface area (Å²) in [6, 6.07) is 6.13. The monoisotopic (exact) mass is 335 g/mol. The highest BCUT2D eigenvalue weighted by Gasteiger charge is 2.34. The quantitative estimate of drug-likeness (QED) is 0.528. The largest absolute Gasteiger partial charge is 0.508 e. The van der Waals surface area contributed by atoms with Crippen molar-refractivity contribution in [3.8, 4) is 5.75 Å². The van der Waals surface area contributed by atoms with Crippen LogP contribution in [0.2, 0.25) is 0 Å². The van der Waals surface area contributed by atoms with Gasteiger partial charge >= 0.3 is 5.97 Å². The Balaban J connectivity index is 2.56. The lowest BCUT2D eigenvalue weighted by atomic mass is 9.89. The number of rotatable bonds is 9. The minimum atomic E-state index is -0.342. The van der Waals surface area contributed by atoms with Crippen LogP contribution in [0.25, 0.3) is 0 Å². The maximum absolute atomic E-state index is 12.0. The van der Waals surface area contributed by atoms with E-state index in [1.54, 1.807) is 12.1 Å². The van der Waals surface area contributed by atoms with Gasteiger partial charge in [0.2, 0.25) is 0 Å². The van der Waals surface area contributed by atoms with E-state index in [9.17, 15) is 9.90 Å². The zero-order valence-corrected chi connectivity index (χ0v) is 16.1. The summed E-state index contributed by atoms with van der Waals surface area (Å²) >= 11 is 0. The highest BCUT2D eigenvalue weighted by atomic mass is 16.5. The number of carbonyl (C=O) groups is 1. The Bertz CT molecular complexity index is 504. The average molecular weight is 335 g/mol. The van der Waals surface area contributed by atoms with Crippen LogP contribution >= 0.6 is 0 Å². The molecule has 0 aliphatic rings. The van der Waals surface area contributed by atoms with Gasteiger partial charge in [0, 0.05) is 17.6 Å². The van der Waals surface area contributed by atoms with Gasteiger partial charge in [-0.1, -0.05) is 13.8 Å². The van der Waals surface area contributed by atoms with E-state index in [2.05, 4.69) is 46.4 Å². The van der Waals surface area contributed by atoms with Crippen LogP contribution in [-0.4, -0.2) is 40.2 Å². The molecule has 4 heteroatoms. The Morgan fingerprint density at radius 2 is 1.54 bits per heavy atom. The fraction of sp³-hybridized carbons (Fsp3) is 0.650. The van der Waals surface area contributed by atoms with Crippen LogP contribution in [0.15, 0.2) is 24.3 Å². The number of aromatic hydroxyl groups is 1. The first-order valence-corrected chi connectivity index (χ1v) is 8.88. The van der Waals surface area contributed by atoms with E-state index in [1.807, 2.05) is 0 Å². The first-order valence-electron chi connectivity index (χ1n) is 8.88. The van der Waals surface area contributed by atoms with Gasteiger partial charge in [-0.25, -0.2) is 4.79 Å². The Hall–Kier alpha value is -1.55. The molecule has 1 aromatic rings. The van der Waals surface area contributed by atoms with Crippen LogP contribution in [0.3, 0.4) is 0 Å². The fourth-order valence-corrected chi connectivity index (χ4v) is 2.87. The third-order valence-electron chi connectivity index (χ3n) is 5.05. The van der Waals surface area contributed by atoms with Crippen molar-refractivity contribution in [2.75, 3.05) is 13.2 Å². The molecular formula is C20H33NO3. The Morgan fingerprint density at radius 1 is 1.04 bits per heavy atom. The van der Waals surface area contributed by atoms with Crippen molar-refractivity contribution in [2.45, 2.75) is 71.9 Å². The van der Waals surface area contributed by atoms with Crippen molar-refractivity contribution in [2.24, 2.45) is 0 Å². The van der Waals surface area contributed by atoms with Crippen molar-refractivity contribution in [3.05, 3.63) is 29.8 Å². The lowest BCUT2D eigenvalue weighted by Crippen LogP contribution is -2.55. The zero-order chi connectivity index (χ0) is 18.4. The topological polar surface area (TPSA) is 49.8 Å². The number of ether oxygens (including phenoxy) is 1. The SMILES string of the molecule is CCC(C)(C)N(CCCOC(=O)c1ccc(O)cc1)C(C)(C)CC. The van der Waals surface area contributed by atoms with Crippen LogP contribution in [0.5, 0.6) is 5.75 Å². The second-order valence-corrected chi connectivity index (χ2v) is 7.52. The van der Waals surface area contributed by atoms with Crippen molar-refractivity contribution >= 4 is 5.97 Å². The molecule has 0 unspecified atom stereocenters. The molecule has 136 valence electrons. The smallest absolute Gasteiger partial charge is 0.338 e. The molecule has 0 heterocycles. The fourth-order valence-electron chi connectivity index (χ4n) is 2.87. The first-order chi connectivity index (χ1) is 11.1. The van der Waals surface area contributed by atoms with Gasteiger partial charge < -0.3 is 9.84 Å². The number of phenols is 1. The van der Waals surface area contributed by atoms with Crippen molar-refractivity contribution < 1.29 is 14.6 Å². The highest BCUT2D eigenvalue weighted by Crippen LogP contribution is 2.30. The normalized spacial score (nSPS) is 12.5. The highest BCUT2D eigenvalue weighted by molar-refractivity contribution is 5.89. The van der Waals surface area contributed by atoms with Crippen molar-refractivity contribution in [1.29, 1.82) is 0 Å². The number of carbonyl (C=O) groups excluding carboxylic acids is 1. The number of phenolic OH excluding ortho intramolecular Hbond substituents is 1. The predicted molar refractivity (Wildman–Crippen MR) is 98.5 cm³/mol. The van der Waals surface area contributed by atoms with Gasteiger partial charge in [-0.2, -0.15) is 0 Å². The number of nitrogens with zero attached hydrogens (tertiary/aromatic N) is 1. The molecule has 1 aromatic carbocycles. The number of hydrogen-bond donors (Lipinski definition) is 1. The molecule has 0 saturated heterocycles. The van der Waals surface area contributed by atoms with Crippen molar-refractivity contribution in [1.82, 2.24) is 4.90 Å². The molecule has 0 saturated carbocycles. The van der Waals surface area contributed by atoms with Gasteiger partial charge in [-0.05, 0) is 71.2 Å². The number of benzene rings is 1. The predicted octanol–water partition coefficient (Wildman–Crippen LogP) is 4.62. The summed E-state index contributed by atoms with van der Waals surface area (Å²) < 4.78 is 5.36. The molecule has 1 rings (SSSR count). The number of esters is 1. The van der Waals surface area contributed by atoms with Gasteiger partial charge in [-0.15, -0.1) is 0 Å². The molecule has 24 heavy (non-hydrogen) atoms. The van der Waals surface area contributed by atoms with Crippen LogP contribution in [0.1, 0.15) is 71.2 Å².